The number of unbranched alkanes of at least 4 members (excludes halogenated alkanes) is 2. The molecule has 268 valence electrons. The van der Waals surface area contributed by atoms with Crippen molar-refractivity contribution in [2.45, 2.75) is 66.2 Å². The molecule has 0 fully saturated rings. The van der Waals surface area contributed by atoms with Gasteiger partial charge in [0, 0.05) is 0 Å². The van der Waals surface area contributed by atoms with Gasteiger partial charge in [0.15, 0.2) is 0 Å². The van der Waals surface area contributed by atoms with E-state index in [1.165, 1.54) is 124 Å². The summed E-state index contributed by atoms with van der Waals surface area (Å²) in [5.41, 5.74) is 10.8. The van der Waals surface area contributed by atoms with E-state index in [1.807, 2.05) is 22.7 Å². The predicted octanol–water partition coefficient (Wildman–Crippen LogP) is 9.22. The summed E-state index contributed by atoms with van der Waals surface area (Å²) in [4.78, 5) is 5.44. The van der Waals surface area contributed by atoms with Crippen LogP contribution in [0.3, 0.4) is 0 Å². The molecule has 2 aromatic heterocycles. The fraction of sp³-hybridized carbons (Fsp3) is 0.208. The Morgan fingerprint density at radius 2 is 0.887 bits per heavy atom. The minimum atomic E-state index is 0. The average molecular weight is 849 g/mol. The van der Waals surface area contributed by atoms with Crippen LogP contribution in [0, 0.1) is 13.8 Å². The van der Waals surface area contributed by atoms with Gasteiger partial charge >= 0.3 is 26.2 Å². The van der Waals surface area contributed by atoms with Crippen LogP contribution >= 0.6 is 22.7 Å². The predicted molar refractivity (Wildman–Crippen MR) is 223 cm³/mol. The molecule has 0 nitrogen and oxygen atoms in total. The van der Waals surface area contributed by atoms with E-state index in [2.05, 4.69) is 161 Å². The summed E-state index contributed by atoms with van der Waals surface area (Å²) in [6.45, 7) is 8.83. The number of fused-ring (bicyclic) bond motifs is 2. The first kappa shape index (κ1) is 42.7. The Balaban J connectivity index is 0.000000224. The average Bonchev–Trinajstić information content (AvgIpc) is 3.96. The van der Waals surface area contributed by atoms with Gasteiger partial charge in [0.1, 0.15) is 0 Å². The van der Waals surface area contributed by atoms with E-state index in [9.17, 15) is 0 Å². The molecule has 0 spiro atoms. The molecule has 0 unspecified atom stereocenters. The van der Waals surface area contributed by atoms with Crippen molar-refractivity contribution in [2.24, 2.45) is 0 Å². The maximum Gasteiger partial charge on any atom is 4.00 e. The van der Waals surface area contributed by atoms with Crippen molar-refractivity contribution < 1.29 is 51.0 Å². The van der Waals surface area contributed by atoms with Crippen molar-refractivity contribution in [3.63, 3.8) is 0 Å². The van der Waals surface area contributed by atoms with Crippen molar-refractivity contribution in [3.8, 4) is 43.1 Å². The molecule has 2 heterocycles. The zero-order chi connectivity index (χ0) is 34.5. The summed E-state index contributed by atoms with van der Waals surface area (Å²) < 4.78 is 0. The van der Waals surface area contributed by atoms with Gasteiger partial charge < -0.3 is 24.8 Å². The van der Waals surface area contributed by atoms with Crippen molar-refractivity contribution >= 4 is 44.2 Å². The molecule has 0 radical (unpaired) electrons. The number of rotatable bonds is 10. The Bertz CT molecular complexity index is 2150. The number of aryl methyl sites for hydroxylation is 4. The van der Waals surface area contributed by atoms with Gasteiger partial charge in [-0.3, -0.25) is 0 Å². The first-order chi connectivity index (χ1) is 24.5. The molecular weight excluding hydrogens is 803 g/mol. The maximum atomic E-state index is 2.35. The van der Waals surface area contributed by atoms with Gasteiger partial charge in [-0.05, 0) is 81.3 Å². The van der Waals surface area contributed by atoms with Crippen LogP contribution in [0.15, 0.2) is 133 Å². The molecule has 0 aliphatic heterocycles. The van der Waals surface area contributed by atoms with Crippen molar-refractivity contribution in [3.05, 3.63) is 154 Å². The molecule has 0 N–H and O–H groups in total. The van der Waals surface area contributed by atoms with Gasteiger partial charge in [-0.2, -0.15) is 22.7 Å². The summed E-state index contributed by atoms with van der Waals surface area (Å²) in [5.74, 6) is 0. The van der Waals surface area contributed by atoms with E-state index in [4.69, 9.17) is 0 Å². The quantitative estimate of drug-likeness (QED) is 0.121. The number of hydrogen-bond donors (Lipinski definition) is 0. The van der Waals surface area contributed by atoms with Crippen molar-refractivity contribution in [2.75, 3.05) is 0 Å². The SMILES string of the molecule is CCCCc1ccc(-c2cccc3[cH-]c(-c4ccc(C)s4)cc23)cc1.CCCCc1ccc(-c2cccc3[cH-]c(-c4ccc(C)s4)cc23)cc1.[Cl-].[Cl-].[Zr+4]. The monoisotopic (exact) mass is 846 g/mol. The second kappa shape index (κ2) is 20.0. The van der Waals surface area contributed by atoms with Crippen LogP contribution in [-0.4, -0.2) is 0 Å². The molecule has 0 atom stereocenters. The number of thiophene rings is 2. The fourth-order valence-corrected chi connectivity index (χ4v) is 8.61. The van der Waals surface area contributed by atoms with Crippen LogP contribution in [0.4, 0.5) is 0 Å². The third-order valence-electron chi connectivity index (χ3n) is 9.72. The molecule has 0 aliphatic carbocycles. The van der Waals surface area contributed by atoms with Gasteiger partial charge in [0.25, 0.3) is 0 Å². The molecule has 8 rings (SSSR count). The minimum absolute atomic E-state index is 0. The van der Waals surface area contributed by atoms with Gasteiger partial charge in [-0.25, -0.2) is 0 Å². The molecular formula is C48H46Cl2S2Zr. The molecule has 6 aromatic carbocycles. The summed E-state index contributed by atoms with van der Waals surface area (Å²) in [7, 11) is 0. The maximum absolute atomic E-state index is 2.35. The second-order valence-corrected chi connectivity index (χ2v) is 16.1. The second-order valence-electron chi connectivity index (χ2n) is 13.5. The minimum Gasteiger partial charge on any atom is -1.00 e. The summed E-state index contributed by atoms with van der Waals surface area (Å²) in [6, 6.07) is 49.7. The molecule has 0 saturated carbocycles. The van der Waals surface area contributed by atoms with Crippen LogP contribution in [0.1, 0.15) is 60.4 Å². The van der Waals surface area contributed by atoms with E-state index >= 15 is 0 Å². The Kier molecular flexibility index (Phi) is 16.1. The Labute approximate surface area is 356 Å². The largest absolute Gasteiger partial charge is 4.00 e. The van der Waals surface area contributed by atoms with Crippen LogP contribution in [0.5, 0.6) is 0 Å². The van der Waals surface area contributed by atoms with E-state index in [-0.39, 0.29) is 51.0 Å². The zero-order valence-corrected chi connectivity index (χ0v) is 36.6. The van der Waals surface area contributed by atoms with Gasteiger partial charge in [-0.15, -0.1) is 69.1 Å². The normalized spacial score (nSPS) is 10.6. The summed E-state index contributed by atoms with van der Waals surface area (Å²) >= 11 is 3.73. The van der Waals surface area contributed by atoms with Crippen LogP contribution < -0.4 is 24.8 Å². The number of halogens is 2. The van der Waals surface area contributed by atoms with Crippen molar-refractivity contribution in [1.82, 2.24) is 0 Å². The van der Waals surface area contributed by atoms with Crippen LogP contribution in [-0.2, 0) is 39.0 Å². The summed E-state index contributed by atoms with van der Waals surface area (Å²) in [6.07, 6.45) is 7.39. The Hall–Kier alpha value is -3.04. The third-order valence-corrected chi connectivity index (χ3v) is 11.8. The van der Waals surface area contributed by atoms with Gasteiger partial charge in [0.2, 0.25) is 0 Å². The molecule has 8 aromatic rings. The number of hydrogen-bond acceptors (Lipinski definition) is 2. The molecule has 0 amide bonds. The first-order valence-electron chi connectivity index (χ1n) is 18.2. The van der Waals surface area contributed by atoms with Crippen LogP contribution in [0.25, 0.3) is 64.7 Å². The van der Waals surface area contributed by atoms with Gasteiger partial charge in [-0.1, -0.05) is 135 Å². The Morgan fingerprint density at radius 3 is 1.23 bits per heavy atom. The van der Waals surface area contributed by atoms with E-state index in [1.54, 1.807) is 0 Å². The third kappa shape index (κ3) is 10.2. The topological polar surface area (TPSA) is 0 Å². The molecule has 5 heteroatoms. The molecule has 0 saturated heterocycles. The van der Waals surface area contributed by atoms with Gasteiger partial charge in [0.05, 0.1) is 0 Å². The Morgan fingerprint density at radius 1 is 0.491 bits per heavy atom. The van der Waals surface area contributed by atoms with E-state index < -0.39 is 0 Å². The zero-order valence-electron chi connectivity index (χ0n) is 31.0. The molecule has 53 heavy (non-hydrogen) atoms. The first-order valence-corrected chi connectivity index (χ1v) is 19.8. The van der Waals surface area contributed by atoms with Crippen LogP contribution in [0.2, 0.25) is 0 Å². The molecule has 0 bridgehead atoms. The standard InChI is InChI=1S/2C24H23S.2ClH.Zr/c2*1-3-4-6-18-10-12-19(13-11-18)22-8-5-7-20-15-21(16-23(20)22)24-14-9-17(2)25-24;;;/h2*5,7-16H,3-4,6H2,1-2H3;2*1H;/q2*-1;;;+4/p-2. The number of benzene rings is 4. The van der Waals surface area contributed by atoms with Crippen molar-refractivity contribution in [1.29, 1.82) is 0 Å². The smallest absolute Gasteiger partial charge is 1.00 e. The van der Waals surface area contributed by atoms with E-state index in [0.29, 0.717) is 0 Å². The fourth-order valence-electron chi connectivity index (χ4n) is 6.90. The summed E-state index contributed by atoms with van der Waals surface area (Å²) in [5, 5.41) is 5.36. The van der Waals surface area contributed by atoms with E-state index in [0.717, 1.165) is 0 Å². The molecule has 0 aliphatic rings.